The number of rotatable bonds is 2. The molecule has 1 saturated heterocycles. The Morgan fingerprint density at radius 1 is 0.562 bits per heavy atom. The standard InChI is InChI=1S/C25H39F6N/c1-19-11-7-13-22(14-8-12-19,21(19)15-17-32-18-16-21)23(24(26,27)28,25(29,30)31)20(2)9-5-3-4-6-10-20/h32H,3-18H2,1-2H3. The molecule has 1 aliphatic heterocycles. The van der Waals surface area contributed by atoms with E-state index in [4.69, 9.17) is 0 Å². The average Bonchev–Trinajstić information content (AvgIpc) is 2.88. The molecule has 7 heteroatoms. The van der Waals surface area contributed by atoms with Crippen LogP contribution in [0.5, 0.6) is 0 Å². The van der Waals surface area contributed by atoms with Crippen molar-refractivity contribution in [2.75, 3.05) is 13.1 Å². The first kappa shape index (κ1) is 24.7. The summed E-state index contributed by atoms with van der Waals surface area (Å²) >= 11 is 0. The molecule has 3 aliphatic carbocycles. The predicted molar refractivity (Wildman–Crippen MR) is 113 cm³/mol. The van der Waals surface area contributed by atoms with E-state index < -0.39 is 39.4 Å². The molecule has 0 aromatic rings. The number of halogens is 6. The van der Waals surface area contributed by atoms with E-state index in [-0.39, 0.29) is 25.7 Å². The van der Waals surface area contributed by atoms with Gasteiger partial charge in [-0.2, -0.15) is 26.3 Å². The average molecular weight is 468 g/mol. The Bertz CT molecular complexity index is 656. The molecule has 186 valence electrons. The molecule has 1 heterocycles. The molecule has 4 rings (SSSR count). The van der Waals surface area contributed by atoms with E-state index in [0.717, 1.165) is 25.7 Å². The van der Waals surface area contributed by atoms with Crippen molar-refractivity contribution < 1.29 is 26.3 Å². The second-order valence-electron chi connectivity index (χ2n) is 11.9. The van der Waals surface area contributed by atoms with Gasteiger partial charge in [0.2, 0.25) is 0 Å². The summed E-state index contributed by atoms with van der Waals surface area (Å²) in [6.07, 6.45) is -4.91. The van der Waals surface area contributed by atoms with Crippen molar-refractivity contribution in [3.05, 3.63) is 0 Å². The van der Waals surface area contributed by atoms with E-state index in [0.29, 0.717) is 51.6 Å². The van der Waals surface area contributed by atoms with Gasteiger partial charge in [0.05, 0.1) is 0 Å². The van der Waals surface area contributed by atoms with Crippen LogP contribution in [-0.2, 0) is 0 Å². The van der Waals surface area contributed by atoms with E-state index in [1.54, 1.807) is 0 Å². The lowest BCUT2D eigenvalue weighted by Gasteiger charge is -2.75. The number of nitrogens with one attached hydrogen (secondary N) is 1. The second-order valence-corrected chi connectivity index (χ2v) is 11.9. The summed E-state index contributed by atoms with van der Waals surface area (Å²) in [6, 6.07) is 0. The summed E-state index contributed by atoms with van der Waals surface area (Å²) in [5, 5.41) is 3.25. The highest BCUT2D eigenvalue weighted by molar-refractivity contribution is 5.25. The Morgan fingerprint density at radius 3 is 1.47 bits per heavy atom. The summed E-state index contributed by atoms with van der Waals surface area (Å²) in [4.78, 5) is 0. The molecule has 0 aromatic carbocycles. The van der Waals surface area contributed by atoms with Crippen LogP contribution >= 0.6 is 0 Å². The van der Waals surface area contributed by atoms with Gasteiger partial charge in [-0.15, -0.1) is 0 Å². The number of alkyl halides is 6. The zero-order valence-corrected chi connectivity index (χ0v) is 19.6. The van der Waals surface area contributed by atoms with Gasteiger partial charge in [0.15, 0.2) is 5.41 Å². The minimum atomic E-state index is -5.34. The van der Waals surface area contributed by atoms with Crippen molar-refractivity contribution in [1.29, 1.82) is 0 Å². The summed E-state index contributed by atoms with van der Waals surface area (Å²) < 4.78 is 93.2. The van der Waals surface area contributed by atoms with Crippen molar-refractivity contribution in [2.24, 2.45) is 27.1 Å². The largest absolute Gasteiger partial charge is 0.404 e. The van der Waals surface area contributed by atoms with Crippen LogP contribution in [0.2, 0.25) is 0 Å². The Labute approximate surface area is 188 Å². The van der Waals surface area contributed by atoms with Crippen LogP contribution in [0, 0.1) is 27.1 Å². The highest BCUT2D eigenvalue weighted by Gasteiger charge is 2.88. The molecule has 0 radical (unpaired) electrons. The van der Waals surface area contributed by atoms with Gasteiger partial charge in [-0.3, -0.25) is 0 Å². The molecular formula is C25H39F6N. The Hall–Kier alpha value is -0.460. The topological polar surface area (TPSA) is 12.0 Å². The van der Waals surface area contributed by atoms with Gasteiger partial charge in [0, 0.05) is 5.41 Å². The molecule has 4 aliphatic rings. The molecule has 0 amide bonds. The smallest absolute Gasteiger partial charge is 0.317 e. The van der Waals surface area contributed by atoms with Crippen molar-refractivity contribution in [3.8, 4) is 0 Å². The van der Waals surface area contributed by atoms with Gasteiger partial charge in [0.25, 0.3) is 0 Å². The molecule has 2 bridgehead atoms. The van der Waals surface area contributed by atoms with Crippen LogP contribution in [0.1, 0.15) is 104 Å². The Morgan fingerprint density at radius 2 is 1.03 bits per heavy atom. The van der Waals surface area contributed by atoms with Gasteiger partial charge in [-0.1, -0.05) is 52.4 Å². The molecule has 1 N–H and O–H groups in total. The molecule has 3 saturated carbocycles. The van der Waals surface area contributed by atoms with E-state index >= 15 is 26.3 Å². The van der Waals surface area contributed by atoms with Gasteiger partial charge >= 0.3 is 12.4 Å². The van der Waals surface area contributed by atoms with Gasteiger partial charge in [-0.05, 0) is 80.7 Å². The second kappa shape index (κ2) is 7.78. The van der Waals surface area contributed by atoms with Crippen molar-refractivity contribution in [3.63, 3.8) is 0 Å². The maximum atomic E-state index is 15.5. The summed E-state index contributed by atoms with van der Waals surface area (Å²) in [5.74, 6) is 0. The van der Waals surface area contributed by atoms with Crippen molar-refractivity contribution >= 4 is 0 Å². The molecule has 32 heavy (non-hydrogen) atoms. The lowest BCUT2D eigenvalue weighted by atomic mass is 9.29. The molecule has 4 fully saturated rings. The normalized spacial score (nSPS) is 36.0. The highest BCUT2D eigenvalue weighted by atomic mass is 19.4. The zero-order valence-electron chi connectivity index (χ0n) is 19.6. The van der Waals surface area contributed by atoms with E-state index in [1.165, 1.54) is 6.92 Å². The first-order valence-electron chi connectivity index (χ1n) is 12.7. The lowest BCUT2D eigenvalue weighted by molar-refractivity contribution is -0.448. The summed E-state index contributed by atoms with van der Waals surface area (Å²) in [6.45, 7) is 4.42. The lowest BCUT2D eigenvalue weighted by Crippen LogP contribution is -2.77. The molecule has 0 unspecified atom stereocenters. The monoisotopic (exact) mass is 467 g/mol. The zero-order chi connectivity index (χ0) is 23.5. The van der Waals surface area contributed by atoms with Crippen LogP contribution in [0.4, 0.5) is 26.3 Å². The van der Waals surface area contributed by atoms with Crippen LogP contribution in [0.25, 0.3) is 0 Å². The first-order chi connectivity index (χ1) is 14.8. The molecular weight excluding hydrogens is 428 g/mol. The molecule has 1 spiro atoms. The molecule has 1 nitrogen and oxygen atoms in total. The Kier molecular flexibility index (Phi) is 5.99. The van der Waals surface area contributed by atoms with Gasteiger partial charge in [-0.25, -0.2) is 0 Å². The minimum Gasteiger partial charge on any atom is -0.317 e. The third kappa shape index (κ3) is 2.94. The SMILES string of the molecule is CC12CCCC(C(C(F)(F)F)(C(F)(F)F)C3(C)CCCCCC3)(CCC1)C21CCNCC1. The van der Waals surface area contributed by atoms with E-state index in [1.807, 2.05) is 6.92 Å². The van der Waals surface area contributed by atoms with Crippen molar-refractivity contribution in [2.45, 2.75) is 116 Å². The molecule has 0 atom stereocenters. The fourth-order valence-electron chi connectivity index (χ4n) is 9.86. The fourth-order valence-corrected chi connectivity index (χ4v) is 9.86. The molecule has 0 aromatic heterocycles. The number of hydrogen-bond donors (Lipinski definition) is 1. The predicted octanol–water partition coefficient (Wildman–Crippen LogP) is 8.19. The summed E-state index contributed by atoms with van der Waals surface area (Å²) in [5.41, 5.74) is -8.67. The van der Waals surface area contributed by atoms with Crippen LogP contribution in [-0.4, -0.2) is 25.4 Å². The van der Waals surface area contributed by atoms with Gasteiger partial charge < -0.3 is 5.32 Å². The van der Waals surface area contributed by atoms with E-state index in [2.05, 4.69) is 5.32 Å². The van der Waals surface area contributed by atoms with Gasteiger partial charge in [0.1, 0.15) is 0 Å². The first-order valence-corrected chi connectivity index (χ1v) is 12.7. The van der Waals surface area contributed by atoms with Crippen LogP contribution in [0.3, 0.4) is 0 Å². The number of piperidine rings is 1. The summed E-state index contributed by atoms with van der Waals surface area (Å²) in [7, 11) is 0. The quantitative estimate of drug-likeness (QED) is 0.319. The van der Waals surface area contributed by atoms with Crippen LogP contribution < -0.4 is 5.32 Å². The Balaban J connectivity index is 2.08. The third-order valence-electron chi connectivity index (χ3n) is 10.9. The maximum Gasteiger partial charge on any atom is 0.404 e. The fraction of sp³-hybridized carbons (Fsp3) is 1.00. The van der Waals surface area contributed by atoms with Crippen LogP contribution in [0.15, 0.2) is 0 Å². The third-order valence-corrected chi connectivity index (χ3v) is 10.9. The van der Waals surface area contributed by atoms with Crippen molar-refractivity contribution in [1.82, 2.24) is 5.32 Å². The minimum absolute atomic E-state index is 0.0127. The number of hydrogen-bond acceptors (Lipinski definition) is 1. The maximum absolute atomic E-state index is 15.5. The van der Waals surface area contributed by atoms with E-state index in [9.17, 15) is 0 Å². The highest BCUT2D eigenvalue weighted by Crippen LogP contribution is 2.83.